The fourth-order valence-corrected chi connectivity index (χ4v) is 6.63. The molecule has 2 amide bonds. The van der Waals surface area contributed by atoms with Crippen LogP contribution in [0.3, 0.4) is 0 Å². The van der Waals surface area contributed by atoms with Gasteiger partial charge in [0.15, 0.2) is 6.04 Å². The molecule has 5 unspecified atom stereocenters. The van der Waals surface area contributed by atoms with E-state index in [0.717, 1.165) is 37.3 Å². The number of carbonyl (C=O) groups is 2. The smallest absolute Gasteiger partial charge is 0.278 e. The molecular formula is C20H38N6O4S+2. The first-order valence-corrected chi connectivity index (χ1v) is 13.6. The number of hydrogen-bond donors (Lipinski definition) is 4. The fraction of sp³-hybridized carbons (Fsp3) is 0.900. The molecule has 0 aromatic heterocycles. The number of quaternary nitrogens is 2. The summed E-state index contributed by atoms with van der Waals surface area (Å²) in [7, 11) is -3.30. The number of nitrogens with zero attached hydrogens (tertiary/aromatic N) is 2. The minimum atomic E-state index is -3.30. The van der Waals surface area contributed by atoms with Crippen molar-refractivity contribution < 1.29 is 28.2 Å². The minimum Gasteiger partial charge on any atom is -0.345 e. The van der Waals surface area contributed by atoms with E-state index in [4.69, 9.17) is 0 Å². The Hall–Kier alpha value is -1.27. The summed E-state index contributed by atoms with van der Waals surface area (Å²) in [5, 5.41) is 5.40. The Morgan fingerprint density at radius 1 is 1.26 bits per heavy atom. The average Bonchev–Trinajstić information content (AvgIpc) is 3.17. The highest BCUT2D eigenvalue weighted by molar-refractivity contribution is 7.88. The maximum atomic E-state index is 12.8. The van der Waals surface area contributed by atoms with Gasteiger partial charge in [-0.2, -0.15) is 0 Å². The lowest BCUT2D eigenvalue weighted by atomic mass is 10.0. The van der Waals surface area contributed by atoms with Gasteiger partial charge >= 0.3 is 0 Å². The molecule has 0 aromatic rings. The molecule has 0 aromatic carbocycles. The highest BCUT2D eigenvalue weighted by atomic mass is 32.2. The SMILES string of the molecule is CS(=O)(=O)NC1CC2C(=O)NCC(CCC(=O)N3CCN(C4CCCC[NH2+]4)CC3)[NH+]2C1. The van der Waals surface area contributed by atoms with Gasteiger partial charge in [0.1, 0.15) is 12.2 Å². The molecular weight excluding hydrogens is 420 g/mol. The zero-order valence-electron chi connectivity index (χ0n) is 18.5. The number of piperidine rings is 1. The third-order valence-electron chi connectivity index (χ3n) is 7.43. The summed E-state index contributed by atoms with van der Waals surface area (Å²) in [6, 6.07) is -0.304. The first kappa shape index (κ1) is 22.9. The van der Waals surface area contributed by atoms with Crippen LogP contribution in [0.15, 0.2) is 0 Å². The average molecular weight is 459 g/mol. The quantitative estimate of drug-likeness (QED) is 0.324. The van der Waals surface area contributed by atoms with E-state index < -0.39 is 10.0 Å². The third-order valence-corrected chi connectivity index (χ3v) is 8.19. The Labute approximate surface area is 185 Å². The molecule has 10 nitrogen and oxygen atoms in total. The Morgan fingerprint density at radius 2 is 2.03 bits per heavy atom. The van der Waals surface area contributed by atoms with Gasteiger partial charge in [-0.05, 0) is 12.8 Å². The minimum absolute atomic E-state index is 0.00832. The molecule has 5 atom stereocenters. The van der Waals surface area contributed by atoms with E-state index in [0.29, 0.717) is 38.5 Å². The number of amides is 2. The summed E-state index contributed by atoms with van der Waals surface area (Å²) in [6.07, 6.45) is 7.31. The molecule has 11 heteroatoms. The highest BCUT2D eigenvalue weighted by Crippen LogP contribution is 2.13. The summed E-state index contributed by atoms with van der Waals surface area (Å²) >= 11 is 0. The van der Waals surface area contributed by atoms with Crippen molar-refractivity contribution in [3.8, 4) is 0 Å². The second-order valence-electron chi connectivity index (χ2n) is 9.64. The number of nitrogens with one attached hydrogen (secondary N) is 3. The lowest BCUT2D eigenvalue weighted by Gasteiger charge is -2.39. The summed E-state index contributed by atoms with van der Waals surface area (Å²) in [6.45, 7) is 5.85. The van der Waals surface area contributed by atoms with Crippen molar-refractivity contribution >= 4 is 21.8 Å². The highest BCUT2D eigenvalue weighted by Gasteiger charge is 2.48. The summed E-state index contributed by atoms with van der Waals surface area (Å²) in [5.41, 5.74) is 0. The first-order valence-electron chi connectivity index (χ1n) is 11.8. The summed E-state index contributed by atoms with van der Waals surface area (Å²) in [4.78, 5) is 30.8. The van der Waals surface area contributed by atoms with Crippen LogP contribution < -0.4 is 20.3 Å². The van der Waals surface area contributed by atoms with Gasteiger partial charge in [0.2, 0.25) is 15.9 Å². The predicted molar refractivity (Wildman–Crippen MR) is 115 cm³/mol. The summed E-state index contributed by atoms with van der Waals surface area (Å²) in [5.74, 6) is 0.191. The van der Waals surface area contributed by atoms with Gasteiger partial charge in [-0.15, -0.1) is 0 Å². The summed E-state index contributed by atoms with van der Waals surface area (Å²) < 4.78 is 25.8. The second-order valence-corrected chi connectivity index (χ2v) is 11.4. The lowest BCUT2D eigenvalue weighted by molar-refractivity contribution is -0.930. The van der Waals surface area contributed by atoms with E-state index in [2.05, 4.69) is 20.3 Å². The van der Waals surface area contributed by atoms with Crippen molar-refractivity contribution in [2.75, 3.05) is 52.1 Å². The van der Waals surface area contributed by atoms with Gasteiger partial charge in [-0.3, -0.25) is 14.5 Å². The first-order chi connectivity index (χ1) is 14.8. The van der Waals surface area contributed by atoms with Crippen molar-refractivity contribution in [2.24, 2.45) is 0 Å². The zero-order valence-corrected chi connectivity index (χ0v) is 19.3. The molecule has 4 aliphatic heterocycles. The molecule has 0 spiro atoms. The number of nitrogens with two attached hydrogens (primary N) is 1. The fourth-order valence-electron chi connectivity index (χ4n) is 5.85. The zero-order chi connectivity index (χ0) is 22.0. The van der Waals surface area contributed by atoms with Gasteiger partial charge in [-0.1, -0.05) is 0 Å². The lowest BCUT2D eigenvalue weighted by Crippen LogP contribution is -3.21. The van der Waals surface area contributed by atoms with Crippen LogP contribution in [-0.2, 0) is 19.6 Å². The van der Waals surface area contributed by atoms with Crippen molar-refractivity contribution in [1.82, 2.24) is 19.8 Å². The van der Waals surface area contributed by atoms with Crippen LogP contribution in [0.5, 0.6) is 0 Å². The van der Waals surface area contributed by atoms with Crippen LogP contribution in [0, 0.1) is 0 Å². The van der Waals surface area contributed by atoms with Crippen molar-refractivity contribution in [1.29, 1.82) is 0 Å². The molecule has 0 saturated carbocycles. The third kappa shape index (κ3) is 5.75. The van der Waals surface area contributed by atoms with E-state index in [-0.39, 0.29) is 29.9 Å². The molecule has 4 fully saturated rings. The van der Waals surface area contributed by atoms with Gasteiger partial charge < -0.3 is 20.4 Å². The Morgan fingerprint density at radius 3 is 2.71 bits per heavy atom. The van der Waals surface area contributed by atoms with Crippen LogP contribution in [0.4, 0.5) is 0 Å². The number of rotatable bonds is 6. The predicted octanol–water partition coefficient (Wildman–Crippen LogP) is -3.94. The Kier molecular flexibility index (Phi) is 7.17. The molecule has 0 bridgehead atoms. The van der Waals surface area contributed by atoms with Crippen LogP contribution in [0.2, 0.25) is 0 Å². The maximum Gasteiger partial charge on any atom is 0.278 e. The molecule has 0 aliphatic carbocycles. The van der Waals surface area contributed by atoms with Crippen LogP contribution in [0.25, 0.3) is 0 Å². The molecule has 4 rings (SSSR count). The van der Waals surface area contributed by atoms with Gasteiger partial charge in [0.05, 0.1) is 31.9 Å². The number of hydrogen-bond acceptors (Lipinski definition) is 5. The van der Waals surface area contributed by atoms with Crippen molar-refractivity contribution in [2.45, 2.75) is 62.8 Å². The van der Waals surface area contributed by atoms with Crippen LogP contribution >= 0.6 is 0 Å². The van der Waals surface area contributed by atoms with E-state index in [1.165, 1.54) is 25.8 Å². The van der Waals surface area contributed by atoms with E-state index in [1.807, 2.05) is 4.90 Å². The second kappa shape index (κ2) is 9.70. The molecule has 5 N–H and O–H groups in total. The standard InChI is InChI=1S/C20H36N6O4S/c1-31(29,30)23-15-12-17-20(28)22-13-16(26(17)14-15)5-6-19(27)25-10-8-24(9-11-25)18-4-2-3-7-21-18/h15-18,21,23H,2-14H2,1H3,(H,22,28)/p+2. The Balaban J connectivity index is 1.25. The molecule has 4 heterocycles. The van der Waals surface area contributed by atoms with Gasteiger partial charge in [-0.25, -0.2) is 13.1 Å². The molecule has 176 valence electrons. The number of sulfonamides is 1. The van der Waals surface area contributed by atoms with Gasteiger partial charge in [0.25, 0.3) is 5.91 Å². The molecule has 0 radical (unpaired) electrons. The normalized spacial score (nSPS) is 34.9. The van der Waals surface area contributed by atoms with E-state index in [1.54, 1.807) is 0 Å². The largest absolute Gasteiger partial charge is 0.345 e. The topological polar surface area (TPSA) is 120 Å². The van der Waals surface area contributed by atoms with Crippen LogP contribution in [0.1, 0.15) is 38.5 Å². The Bertz CT molecular complexity index is 764. The molecule has 4 saturated heterocycles. The monoisotopic (exact) mass is 458 g/mol. The van der Waals surface area contributed by atoms with E-state index >= 15 is 0 Å². The van der Waals surface area contributed by atoms with Crippen molar-refractivity contribution in [3.05, 3.63) is 0 Å². The van der Waals surface area contributed by atoms with Gasteiger partial charge in [0, 0.05) is 51.9 Å². The maximum absolute atomic E-state index is 12.8. The van der Waals surface area contributed by atoms with Crippen molar-refractivity contribution in [3.63, 3.8) is 0 Å². The molecule has 4 aliphatic rings. The number of piperazine rings is 2. The van der Waals surface area contributed by atoms with E-state index in [9.17, 15) is 18.0 Å². The van der Waals surface area contributed by atoms with Crippen LogP contribution in [-0.4, -0.2) is 106 Å². The number of fused-ring (bicyclic) bond motifs is 1. The number of carbonyl (C=O) groups excluding carboxylic acids is 2. The molecule has 31 heavy (non-hydrogen) atoms.